The lowest BCUT2D eigenvalue weighted by Gasteiger charge is -2.24. The maximum atomic E-state index is 11.0. The van der Waals surface area contributed by atoms with Crippen LogP contribution in [0.4, 0.5) is 5.69 Å². The molecule has 6 nitrogen and oxygen atoms in total. The fourth-order valence-electron chi connectivity index (χ4n) is 2.53. The summed E-state index contributed by atoms with van der Waals surface area (Å²) in [4.78, 5) is 17.3. The van der Waals surface area contributed by atoms with Crippen molar-refractivity contribution in [1.29, 1.82) is 0 Å². The number of nitro benzene ring substituents is 1. The average molecular weight is 357 g/mol. The summed E-state index contributed by atoms with van der Waals surface area (Å²) in [5.74, 6) is 0. The fourth-order valence-corrected chi connectivity index (χ4v) is 2.71. The van der Waals surface area contributed by atoms with E-state index in [0.717, 1.165) is 44.6 Å². The van der Waals surface area contributed by atoms with Crippen molar-refractivity contribution < 1.29 is 4.92 Å². The van der Waals surface area contributed by atoms with E-state index in [1.807, 2.05) is 0 Å². The Morgan fingerprint density at radius 3 is 2.00 bits per heavy atom. The van der Waals surface area contributed by atoms with Crippen molar-refractivity contribution in [3.8, 4) is 0 Å². The molecule has 0 aliphatic heterocycles. The Balaban J connectivity index is 2.74. The van der Waals surface area contributed by atoms with E-state index in [4.69, 9.17) is 11.6 Å². The van der Waals surface area contributed by atoms with Gasteiger partial charge >= 0.3 is 0 Å². The van der Waals surface area contributed by atoms with Crippen LogP contribution in [0, 0.1) is 10.1 Å². The monoisotopic (exact) mass is 356 g/mol. The molecule has 0 saturated heterocycles. The highest BCUT2D eigenvalue weighted by molar-refractivity contribution is 6.31. The second-order valence-electron chi connectivity index (χ2n) is 6.62. The smallest absolute Gasteiger partial charge is 0.269 e. The van der Waals surface area contributed by atoms with E-state index < -0.39 is 0 Å². The predicted molar refractivity (Wildman–Crippen MR) is 99.7 cm³/mol. The molecule has 1 aromatic carbocycles. The van der Waals surface area contributed by atoms with Gasteiger partial charge in [0, 0.05) is 23.7 Å². The van der Waals surface area contributed by atoms with Crippen molar-refractivity contribution in [2.75, 3.05) is 54.4 Å². The van der Waals surface area contributed by atoms with Crippen LogP contribution in [0.1, 0.15) is 18.4 Å². The van der Waals surface area contributed by atoms with Crippen molar-refractivity contribution in [2.24, 2.45) is 0 Å². The van der Waals surface area contributed by atoms with E-state index in [1.54, 1.807) is 12.1 Å². The van der Waals surface area contributed by atoms with Gasteiger partial charge in [0.1, 0.15) is 0 Å². The Kier molecular flexibility index (Phi) is 9.21. The van der Waals surface area contributed by atoms with E-state index in [2.05, 4.69) is 42.9 Å². The molecule has 0 bridgehead atoms. The van der Waals surface area contributed by atoms with Gasteiger partial charge in [0.05, 0.1) is 4.92 Å². The van der Waals surface area contributed by atoms with Crippen LogP contribution in [0.2, 0.25) is 5.02 Å². The summed E-state index contributed by atoms with van der Waals surface area (Å²) < 4.78 is 0. The first-order chi connectivity index (χ1) is 11.3. The predicted octanol–water partition coefficient (Wildman–Crippen LogP) is 2.95. The lowest BCUT2D eigenvalue weighted by molar-refractivity contribution is -0.384. The minimum absolute atomic E-state index is 0.0935. The third kappa shape index (κ3) is 8.06. The molecule has 24 heavy (non-hydrogen) atoms. The number of hydrogen-bond acceptors (Lipinski definition) is 5. The zero-order valence-electron chi connectivity index (χ0n) is 15.2. The van der Waals surface area contributed by atoms with E-state index >= 15 is 0 Å². The second-order valence-corrected chi connectivity index (χ2v) is 7.03. The zero-order valence-corrected chi connectivity index (χ0v) is 15.9. The summed E-state index contributed by atoms with van der Waals surface area (Å²) in [7, 11) is 8.25. The Labute approximate surface area is 150 Å². The average Bonchev–Trinajstić information content (AvgIpc) is 2.48. The summed E-state index contributed by atoms with van der Waals surface area (Å²) in [5, 5.41) is 11.6. The lowest BCUT2D eigenvalue weighted by Crippen LogP contribution is -2.30. The molecule has 7 heteroatoms. The normalized spacial score (nSPS) is 11.7. The molecule has 136 valence electrons. The van der Waals surface area contributed by atoms with E-state index in [1.165, 1.54) is 6.07 Å². The van der Waals surface area contributed by atoms with Gasteiger partial charge in [-0.1, -0.05) is 11.6 Å². The van der Waals surface area contributed by atoms with Crippen molar-refractivity contribution in [1.82, 2.24) is 14.7 Å². The van der Waals surface area contributed by atoms with Gasteiger partial charge in [-0.05, 0) is 78.8 Å². The highest BCUT2D eigenvalue weighted by atomic mass is 35.5. The Morgan fingerprint density at radius 2 is 1.54 bits per heavy atom. The van der Waals surface area contributed by atoms with Crippen molar-refractivity contribution in [2.45, 2.75) is 19.4 Å². The van der Waals surface area contributed by atoms with Gasteiger partial charge in [0.2, 0.25) is 0 Å². The minimum Gasteiger partial charge on any atom is -0.309 e. The highest BCUT2D eigenvalue weighted by Crippen LogP contribution is 2.23. The van der Waals surface area contributed by atoms with Crippen LogP contribution in [0.5, 0.6) is 0 Å². The summed E-state index contributed by atoms with van der Waals surface area (Å²) in [6.07, 6.45) is 2.11. The molecule has 1 aromatic rings. The van der Waals surface area contributed by atoms with Crippen LogP contribution in [0.3, 0.4) is 0 Å². The second kappa shape index (κ2) is 10.6. The van der Waals surface area contributed by atoms with Gasteiger partial charge < -0.3 is 9.80 Å². The van der Waals surface area contributed by atoms with Crippen LogP contribution < -0.4 is 0 Å². The molecule has 0 atom stereocenters. The van der Waals surface area contributed by atoms with Gasteiger partial charge in [-0.2, -0.15) is 0 Å². The first kappa shape index (κ1) is 20.8. The molecule has 0 N–H and O–H groups in total. The summed E-state index contributed by atoms with van der Waals surface area (Å²) in [6, 6.07) is 4.66. The Morgan fingerprint density at radius 1 is 1.00 bits per heavy atom. The number of nitrogens with zero attached hydrogens (tertiary/aromatic N) is 4. The van der Waals surface area contributed by atoms with Gasteiger partial charge in [-0.15, -0.1) is 0 Å². The summed E-state index contributed by atoms with van der Waals surface area (Å²) >= 11 is 6.25. The van der Waals surface area contributed by atoms with E-state index in [0.29, 0.717) is 11.6 Å². The standard InChI is InChI=1S/C17H29ClN4O2/c1-19(2)9-5-11-21(12-6-10-20(3)4)14-15-13-16(22(23)24)7-8-17(15)18/h7-8,13H,5-6,9-12,14H2,1-4H3. The third-order valence-electron chi connectivity index (χ3n) is 3.79. The third-order valence-corrected chi connectivity index (χ3v) is 4.16. The number of non-ortho nitro benzene ring substituents is 1. The minimum atomic E-state index is -0.373. The molecule has 0 aliphatic rings. The molecule has 0 heterocycles. The molecule has 0 aliphatic carbocycles. The van der Waals surface area contributed by atoms with Gasteiger partial charge in [-0.25, -0.2) is 0 Å². The largest absolute Gasteiger partial charge is 0.309 e. The van der Waals surface area contributed by atoms with Gasteiger partial charge in [0.25, 0.3) is 5.69 Å². The summed E-state index contributed by atoms with van der Waals surface area (Å²) in [5.41, 5.74) is 0.913. The lowest BCUT2D eigenvalue weighted by atomic mass is 10.1. The molecule has 0 aromatic heterocycles. The van der Waals surface area contributed by atoms with Crippen molar-refractivity contribution in [3.05, 3.63) is 38.9 Å². The molecule has 0 fully saturated rings. The molecule has 0 unspecified atom stereocenters. The zero-order chi connectivity index (χ0) is 18.1. The van der Waals surface area contributed by atoms with Gasteiger partial charge in [-0.3, -0.25) is 15.0 Å². The van der Waals surface area contributed by atoms with Crippen molar-refractivity contribution >= 4 is 17.3 Å². The molecule has 0 amide bonds. The van der Waals surface area contributed by atoms with Crippen LogP contribution in [0.25, 0.3) is 0 Å². The SMILES string of the molecule is CN(C)CCCN(CCCN(C)C)Cc1cc([N+](=O)[O-])ccc1Cl. The van der Waals surface area contributed by atoms with Crippen LogP contribution >= 0.6 is 11.6 Å². The molecule has 1 rings (SSSR count). The molecule has 0 saturated carbocycles. The number of nitro groups is 1. The van der Waals surface area contributed by atoms with Crippen LogP contribution in [-0.4, -0.2) is 74.0 Å². The molecule has 0 radical (unpaired) electrons. The maximum Gasteiger partial charge on any atom is 0.269 e. The van der Waals surface area contributed by atoms with Crippen molar-refractivity contribution in [3.63, 3.8) is 0 Å². The number of benzene rings is 1. The summed E-state index contributed by atoms with van der Waals surface area (Å²) in [6.45, 7) is 4.58. The maximum absolute atomic E-state index is 11.0. The first-order valence-corrected chi connectivity index (χ1v) is 8.62. The first-order valence-electron chi connectivity index (χ1n) is 8.24. The number of hydrogen-bond donors (Lipinski definition) is 0. The van der Waals surface area contributed by atoms with E-state index in [9.17, 15) is 10.1 Å². The number of halogens is 1. The molecule has 0 spiro atoms. The highest BCUT2D eigenvalue weighted by Gasteiger charge is 2.13. The topological polar surface area (TPSA) is 52.9 Å². The Hall–Kier alpha value is -1.21. The molecular weight excluding hydrogens is 328 g/mol. The molecular formula is C17H29ClN4O2. The van der Waals surface area contributed by atoms with E-state index in [-0.39, 0.29) is 10.6 Å². The number of rotatable bonds is 11. The fraction of sp³-hybridized carbons (Fsp3) is 0.647. The van der Waals surface area contributed by atoms with Crippen LogP contribution in [0.15, 0.2) is 18.2 Å². The van der Waals surface area contributed by atoms with Gasteiger partial charge in [0.15, 0.2) is 0 Å². The Bertz CT molecular complexity index is 509. The quantitative estimate of drug-likeness (QED) is 0.450. The van der Waals surface area contributed by atoms with Crippen LogP contribution in [-0.2, 0) is 6.54 Å².